The first-order valence-electron chi connectivity index (χ1n) is 8.74. The number of benzene rings is 2. The summed E-state index contributed by atoms with van der Waals surface area (Å²) in [5.41, 5.74) is 1.21. The fraction of sp³-hybridized carbons (Fsp3) is 0.211. The number of aromatic nitrogens is 2. The monoisotopic (exact) mass is 448 g/mol. The van der Waals surface area contributed by atoms with Crippen LogP contribution in [0.5, 0.6) is 0 Å². The summed E-state index contributed by atoms with van der Waals surface area (Å²) < 4.78 is 28.9. The number of para-hydroxylation sites is 1. The maximum atomic E-state index is 12.8. The third kappa shape index (κ3) is 5.55. The zero-order valence-corrected chi connectivity index (χ0v) is 18.5. The van der Waals surface area contributed by atoms with Crippen LogP contribution in [0.2, 0.25) is 0 Å². The van der Waals surface area contributed by atoms with Crippen molar-refractivity contribution in [2.45, 2.75) is 35.3 Å². The van der Waals surface area contributed by atoms with Gasteiger partial charge in [0.2, 0.25) is 5.13 Å². The normalized spacial score (nSPS) is 11.4. The molecule has 152 valence electrons. The molecule has 0 saturated carbocycles. The predicted octanol–water partition coefficient (Wildman–Crippen LogP) is 4.40. The molecule has 0 spiro atoms. The van der Waals surface area contributed by atoms with Crippen LogP contribution in [-0.4, -0.2) is 29.8 Å². The van der Waals surface area contributed by atoms with E-state index in [1.165, 1.54) is 17.4 Å². The molecular formula is C19H20N4O3S3. The number of hydrogen-bond donors (Lipinski definition) is 2. The summed E-state index contributed by atoms with van der Waals surface area (Å²) in [5, 5.41) is 11.4. The molecule has 1 heterocycles. The smallest absolute Gasteiger partial charge is 0.262 e. The minimum atomic E-state index is -3.84. The van der Waals surface area contributed by atoms with Crippen molar-refractivity contribution >= 4 is 49.8 Å². The van der Waals surface area contributed by atoms with Crippen molar-refractivity contribution < 1.29 is 13.2 Å². The lowest BCUT2D eigenvalue weighted by atomic mass is 10.1. The van der Waals surface area contributed by atoms with E-state index in [2.05, 4.69) is 20.2 Å². The molecule has 0 aliphatic rings. The summed E-state index contributed by atoms with van der Waals surface area (Å²) in [5.74, 6) is -0.446. The lowest BCUT2D eigenvalue weighted by Crippen LogP contribution is -2.17. The maximum Gasteiger partial charge on any atom is 0.262 e. The zero-order valence-electron chi connectivity index (χ0n) is 16.0. The Hall–Kier alpha value is -2.43. The molecule has 0 atom stereocenters. The minimum absolute atomic E-state index is 0.0438. The second-order valence-electron chi connectivity index (χ2n) is 6.45. The zero-order chi connectivity index (χ0) is 21.0. The molecule has 0 fully saturated rings. The number of carbonyl (C=O) groups excluding carboxylic acids is 1. The average molecular weight is 449 g/mol. The van der Waals surface area contributed by atoms with Crippen molar-refractivity contribution in [2.75, 3.05) is 10.0 Å². The van der Waals surface area contributed by atoms with Gasteiger partial charge in [-0.15, -0.1) is 10.2 Å². The topological polar surface area (TPSA) is 101 Å². The van der Waals surface area contributed by atoms with Crippen molar-refractivity contribution in [2.24, 2.45) is 0 Å². The second-order valence-corrected chi connectivity index (χ2v) is 10.9. The number of sulfonamides is 1. The van der Waals surface area contributed by atoms with E-state index >= 15 is 0 Å². The number of anilines is 2. The van der Waals surface area contributed by atoms with Gasteiger partial charge in [-0.1, -0.05) is 61.2 Å². The molecule has 1 amide bonds. The van der Waals surface area contributed by atoms with Gasteiger partial charge in [-0.3, -0.25) is 14.8 Å². The molecule has 29 heavy (non-hydrogen) atoms. The van der Waals surface area contributed by atoms with Gasteiger partial charge in [0.1, 0.15) is 0 Å². The molecule has 10 heteroatoms. The summed E-state index contributed by atoms with van der Waals surface area (Å²) in [7, 11) is -3.84. The van der Waals surface area contributed by atoms with Crippen LogP contribution in [0.1, 0.15) is 29.8 Å². The molecule has 7 nitrogen and oxygen atoms in total. The highest BCUT2D eigenvalue weighted by Crippen LogP contribution is 2.29. The van der Waals surface area contributed by atoms with Gasteiger partial charge in [-0.2, -0.15) is 0 Å². The summed E-state index contributed by atoms with van der Waals surface area (Å²) in [6.45, 7) is 5.77. The first-order valence-corrected chi connectivity index (χ1v) is 11.9. The molecule has 1 aromatic heterocycles. The number of rotatable bonds is 7. The fourth-order valence-corrected chi connectivity index (χ4v) is 5.73. The highest BCUT2D eigenvalue weighted by atomic mass is 32.2. The molecule has 3 aromatic rings. The van der Waals surface area contributed by atoms with E-state index in [4.69, 9.17) is 0 Å². The van der Waals surface area contributed by atoms with Gasteiger partial charge in [-0.05, 0) is 36.8 Å². The van der Waals surface area contributed by atoms with E-state index in [1.54, 1.807) is 61.2 Å². The first kappa shape index (κ1) is 21.3. The van der Waals surface area contributed by atoms with Gasteiger partial charge < -0.3 is 0 Å². The van der Waals surface area contributed by atoms with E-state index in [1.807, 2.05) is 13.8 Å². The number of amides is 1. The Morgan fingerprint density at radius 2 is 1.83 bits per heavy atom. The molecule has 0 radical (unpaired) electrons. The molecule has 2 aromatic carbocycles. The highest BCUT2D eigenvalue weighted by Gasteiger charge is 2.20. The summed E-state index contributed by atoms with van der Waals surface area (Å²) in [6, 6.07) is 13.1. The van der Waals surface area contributed by atoms with Crippen molar-refractivity contribution in [1.29, 1.82) is 0 Å². The number of nitrogens with zero attached hydrogens (tertiary/aromatic N) is 2. The Morgan fingerprint density at radius 1 is 1.10 bits per heavy atom. The molecule has 0 saturated heterocycles. The standard InChI is InChI=1S/C19H20N4O3S3/c1-12(2)27-19-22-21-18(28-19)20-17(24)14-10-9-13(3)16(11-14)29(25,26)23-15-7-5-4-6-8-15/h4-12,23H,1-3H3,(H,20,21,24). The highest BCUT2D eigenvalue weighted by molar-refractivity contribution is 8.01. The molecule has 0 aliphatic carbocycles. The van der Waals surface area contributed by atoms with Crippen LogP contribution in [0.4, 0.5) is 10.8 Å². The average Bonchev–Trinajstić information content (AvgIpc) is 3.08. The van der Waals surface area contributed by atoms with Gasteiger partial charge >= 0.3 is 0 Å². The Labute approximate surface area is 178 Å². The van der Waals surface area contributed by atoms with E-state index in [-0.39, 0.29) is 10.5 Å². The molecule has 0 aliphatic heterocycles. The van der Waals surface area contributed by atoms with Crippen LogP contribution in [-0.2, 0) is 10.0 Å². The van der Waals surface area contributed by atoms with Crippen molar-refractivity contribution in [3.8, 4) is 0 Å². The lowest BCUT2D eigenvalue weighted by molar-refractivity contribution is 0.102. The van der Waals surface area contributed by atoms with Crippen LogP contribution in [0.3, 0.4) is 0 Å². The van der Waals surface area contributed by atoms with Gasteiger partial charge in [0.05, 0.1) is 4.90 Å². The largest absolute Gasteiger partial charge is 0.296 e. The molecule has 3 rings (SSSR count). The third-order valence-electron chi connectivity index (χ3n) is 3.73. The van der Waals surface area contributed by atoms with Crippen LogP contribution in [0, 0.1) is 6.92 Å². The number of thioether (sulfide) groups is 1. The number of hydrogen-bond acceptors (Lipinski definition) is 7. The second kappa shape index (κ2) is 8.93. The van der Waals surface area contributed by atoms with E-state index in [0.29, 0.717) is 21.6 Å². The van der Waals surface area contributed by atoms with Crippen LogP contribution in [0.15, 0.2) is 57.8 Å². The minimum Gasteiger partial charge on any atom is -0.296 e. The van der Waals surface area contributed by atoms with E-state index < -0.39 is 15.9 Å². The SMILES string of the molecule is Cc1ccc(C(=O)Nc2nnc(SC(C)C)s2)cc1S(=O)(=O)Nc1ccccc1. The molecule has 0 bridgehead atoms. The van der Waals surface area contributed by atoms with Gasteiger partial charge in [0.15, 0.2) is 4.34 Å². The Balaban J connectivity index is 1.81. The number of aryl methyl sites for hydroxylation is 1. The summed E-state index contributed by atoms with van der Waals surface area (Å²) in [4.78, 5) is 12.6. The van der Waals surface area contributed by atoms with Crippen molar-refractivity contribution in [1.82, 2.24) is 10.2 Å². The number of nitrogens with one attached hydrogen (secondary N) is 2. The molecular weight excluding hydrogens is 428 g/mol. The summed E-state index contributed by atoms with van der Waals surface area (Å²) >= 11 is 2.83. The quantitative estimate of drug-likeness (QED) is 0.410. The van der Waals surface area contributed by atoms with E-state index in [0.717, 1.165) is 4.34 Å². The van der Waals surface area contributed by atoms with Crippen molar-refractivity contribution in [3.05, 3.63) is 59.7 Å². The fourth-order valence-electron chi connectivity index (χ4n) is 2.43. The van der Waals surface area contributed by atoms with Crippen LogP contribution >= 0.6 is 23.1 Å². The Bertz CT molecular complexity index is 1110. The van der Waals surface area contributed by atoms with Gasteiger partial charge in [0, 0.05) is 16.5 Å². The van der Waals surface area contributed by atoms with Crippen LogP contribution < -0.4 is 10.0 Å². The van der Waals surface area contributed by atoms with Gasteiger partial charge in [-0.25, -0.2) is 8.42 Å². The molecule has 2 N–H and O–H groups in total. The van der Waals surface area contributed by atoms with E-state index in [9.17, 15) is 13.2 Å². The Kier molecular flexibility index (Phi) is 6.56. The first-order chi connectivity index (χ1) is 13.7. The lowest BCUT2D eigenvalue weighted by Gasteiger charge is -2.12. The third-order valence-corrected chi connectivity index (χ3v) is 7.18. The van der Waals surface area contributed by atoms with Crippen LogP contribution in [0.25, 0.3) is 0 Å². The van der Waals surface area contributed by atoms with Gasteiger partial charge in [0.25, 0.3) is 15.9 Å². The molecule has 0 unspecified atom stereocenters. The summed E-state index contributed by atoms with van der Waals surface area (Å²) in [6.07, 6.45) is 0. The number of carbonyl (C=O) groups is 1. The Morgan fingerprint density at radius 3 is 2.52 bits per heavy atom. The predicted molar refractivity (Wildman–Crippen MR) is 117 cm³/mol. The maximum absolute atomic E-state index is 12.8. The van der Waals surface area contributed by atoms with Crippen molar-refractivity contribution in [3.63, 3.8) is 0 Å².